The second-order valence-electron chi connectivity index (χ2n) is 5.07. The number of benzene rings is 2. The van der Waals surface area contributed by atoms with Crippen LogP contribution < -0.4 is 10.2 Å². The molecule has 0 radical (unpaired) electrons. The van der Waals surface area contributed by atoms with Crippen molar-refractivity contribution in [3.05, 3.63) is 48.5 Å². The van der Waals surface area contributed by atoms with Crippen molar-refractivity contribution in [2.45, 2.75) is 4.90 Å². The van der Waals surface area contributed by atoms with Gasteiger partial charge in [0.15, 0.2) is 16.4 Å². The minimum Gasteiger partial charge on any atom is -0.385 e. The number of anilines is 1. The van der Waals surface area contributed by atoms with Crippen LogP contribution in [0.2, 0.25) is 0 Å². The summed E-state index contributed by atoms with van der Waals surface area (Å²) in [6.45, 7) is -0.295. The van der Waals surface area contributed by atoms with Crippen LogP contribution in [0.5, 0.6) is 0 Å². The van der Waals surface area contributed by atoms with E-state index in [-0.39, 0.29) is 11.5 Å². The Morgan fingerprint density at radius 1 is 1.21 bits per heavy atom. The largest absolute Gasteiger partial charge is 0.385 e. The standard InChI is InChI=1S/C15H14N4O4S/c1-24(21,22)12-6-4-5-11(9-12)16-15(20)10-23-19-14-8-3-2-7-13(14)17-18-19/h2-9H,10H2,1H3,(H,16,20). The Morgan fingerprint density at radius 2 is 2.00 bits per heavy atom. The molecule has 1 N–H and O–H groups in total. The van der Waals surface area contributed by atoms with Crippen molar-refractivity contribution in [1.29, 1.82) is 0 Å². The molecule has 9 heteroatoms. The minimum atomic E-state index is -3.34. The lowest BCUT2D eigenvalue weighted by Crippen LogP contribution is -2.26. The van der Waals surface area contributed by atoms with Crippen LogP contribution in [-0.2, 0) is 14.6 Å². The number of sulfone groups is 1. The Morgan fingerprint density at radius 3 is 2.79 bits per heavy atom. The average Bonchev–Trinajstić information content (AvgIpc) is 2.96. The number of para-hydroxylation sites is 1. The van der Waals surface area contributed by atoms with Gasteiger partial charge in [0.2, 0.25) is 0 Å². The van der Waals surface area contributed by atoms with Gasteiger partial charge in [-0.1, -0.05) is 23.0 Å². The first-order chi connectivity index (χ1) is 11.4. The summed E-state index contributed by atoms with van der Waals surface area (Å²) in [5.74, 6) is -0.444. The molecule has 0 unspecified atom stereocenters. The number of carbonyl (C=O) groups excluding carboxylic acids is 1. The van der Waals surface area contributed by atoms with E-state index < -0.39 is 15.7 Å². The van der Waals surface area contributed by atoms with Gasteiger partial charge in [0.25, 0.3) is 5.91 Å². The molecule has 24 heavy (non-hydrogen) atoms. The van der Waals surface area contributed by atoms with Gasteiger partial charge in [0.1, 0.15) is 11.0 Å². The Kier molecular flexibility index (Phi) is 4.17. The number of hydrogen-bond donors (Lipinski definition) is 1. The predicted octanol–water partition coefficient (Wildman–Crippen LogP) is 0.902. The van der Waals surface area contributed by atoms with Crippen molar-refractivity contribution in [3.63, 3.8) is 0 Å². The third-order valence-corrected chi connectivity index (χ3v) is 4.30. The van der Waals surface area contributed by atoms with Gasteiger partial charge >= 0.3 is 0 Å². The zero-order valence-corrected chi connectivity index (χ0v) is 13.5. The number of amides is 1. The summed E-state index contributed by atoms with van der Waals surface area (Å²) in [4.78, 5) is 18.6. The van der Waals surface area contributed by atoms with Crippen molar-refractivity contribution in [2.75, 3.05) is 18.2 Å². The number of nitrogens with one attached hydrogen (secondary N) is 1. The van der Waals surface area contributed by atoms with E-state index in [1.165, 1.54) is 17.0 Å². The summed E-state index contributed by atoms with van der Waals surface area (Å²) in [7, 11) is -3.34. The van der Waals surface area contributed by atoms with E-state index >= 15 is 0 Å². The van der Waals surface area contributed by atoms with E-state index in [1.54, 1.807) is 24.3 Å². The van der Waals surface area contributed by atoms with E-state index in [0.29, 0.717) is 16.7 Å². The van der Waals surface area contributed by atoms with Crippen molar-refractivity contribution >= 4 is 32.5 Å². The fourth-order valence-electron chi connectivity index (χ4n) is 2.06. The number of hydrogen-bond acceptors (Lipinski definition) is 6. The fourth-order valence-corrected chi connectivity index (χ4v) is 2.73. The van der Waals surface area contributed by atoms with Gasteiger partial charge in [-0.2, -0.15) is 0 Å². The van der Waals surface area contributed by atoms with Crippen molar-refractivity contribution < 1.29 is 18.0 Å². The van der Waals surface area contributed by atoms with Crippen LogP contribution in [-0.4, -0.2) is 42.3 Å². The van der Waals surface area contributed by atoms with Gasteiger partial charge in [-0.05, 0) is 35.5 Å². The third-order valence-electron chi connectivity index (χ3n) is 3.19. The van der Waals surface area contributed by atoms with Gasteiger partial charge in [0, 0.05) is 11.9 Å². The molecule has 1 aromatic heterocycles. The summed E-state index contributed by atoms with van der Waals surface area (Å²) in [5.41, 5.74) is 1.66. The van der Waals surface area contributed by atoms with Crippen LogP contribution in [0.1, 0.15) is 0 Å². The lowest BCUT2D eigenvalue weighted by Gasteiger charge is -2.08. The first kappa shape index (κ1) is 15.9. The highest BCUT2D eigenvalue weighted by Crippen LogP contribution is 2.15. The molecule has 0 saturated carbocycles. The molecule has 2 aromatic carbocycles. The molecule has 1 heterocycles. The molecule has 8 nitrogen and oxygen atoms in total. The summed E-state index contributed by atoms with van der Waals surface area (Å²) < 4.78 is 23.0. The molecule has 1 amide bonds. The Balaban J connectivity index is 1.66. The maximum atomic E-state index is 12.0. The van der Waals surface area contributed by atoms with Gasteiger partial charge in [0.05, 0.1) is 4.90 Å². The van der Waals surface area contributed by atoms with Crippen molar-refractivity contribution in [2.24, 2.45) is 0 Å². The van der Waals surface area contributed by atoms with Crippen LogP contribution in [0.3, 0.4) is 0 Å². The number of rotatable bonds is 5. The zero-order chi connectivity index (χ0) is 17.2. The maximum absolute atomic E-state index is 12.0. The van der Waals surface area contributed by atoms with Crippen LogP contribution >= 0.6 is 0 Å². The van der Waals surface area contributed by atoms with E-state index in [2.05, 4.69) is 15.6 Å². The molecule has 0 bridgehead atoms. The zero-order valence-electron chi connectivity index (χ0n) is 12.7. The number of aromatic nitrogens is 3. The second-order valence-corrected chi connectivity index (χ2v) is 7.09. The molecule has 3 rings (SSSR count). The molecule has 0 fully saturated rings. The predicted molar refractivity (Wildman–Crippen MR) is 87.2 cm³/mol. The maximum Gasteiger partial charge on any atom is 0.265 e. The SMILES string of the molecule is CS(=O)(=O)c1cccc(NC(=O)COn2nnc3ccccc32)c1. The van der Waals surface area contributed by atoms with Gasteiger partial charge in [-0.3, -0.25) is 4.79 Å². The highest BCUT2D eigenvalue weighted by Gasteiger charge is 2.10. The lowest BCUT2D eigenvalue weighted by atomic mass is 10.3. The fraction of sp³-hybridized carbons (Fsp3) is 0.133. The highest BCUT2D eigenvalue weighted by atomic mass is 32.2. The second kappa shape index (κ2) is 6.28. The normalized spacial score (nSPS) is 11.4. The average molecular weight is 346 g/mol. The van der Waals surface area contributed by atoms with Crippen LogP contribution in [0.15, 0.2) is 53.4 Å². The molecule has 124 valence electrons. The molecular formula is C15H14N4O4S. The summed E-state index contributed by atoms with van der Waals surface area (Å²) >= 11 is 0. The summed E-state index contributed by atoms with van der Waals surface area (Å²) in [6.07, 6.45) is 1.10. The van der Waals surface area contributed by atoms with Gasteiger partial charge in [-0.25, -0.2) is 8.42 Å². The highest BCUT2D eigenvalue weighted by molar-refractivity contribution is 7.90. The molecule has 0 saturated heterocycles. The van der Waals surface area contributed by atoms with Crippen LogP contribution in [0.4, 0.5) is 5.69 Å². The van der Waals surface area contributed by atoms with E-state index in [4.69, 9.17) is 4.84 Å². The molecule has 0 spiro atoms. The summed E-state index contributed by atoms with van der Waals surface area (Å²) in [5, 5.41) is 10.3. The van der Waals surface area contributed by atoms with E-state index in [1.807, 2.05) is 12.1 Å². The lowest BCUT2D eigenvalue weighted by molar-refractivity contribution is -0.121. The van der Waals surface area contributed by atoms with Crippen LogP contribution in [0.25, 0.3) is 11.0 Å². The Bertz CT molecular complexity index is 997. The molecular weight excluding hydrogens is 332 g/mol. The third kappa shape index (κ3) is 3.51. The van der Waals surface area contributed by atoms with Gasteiger partial charge < -0.3 is 10.2 Å². The smallest absolute Gasteiger partial charge is 0.265 e. The van der Waals surface area contributed by atoms with Gasteiger partial charge in [-0.15, -0.1) is 5.10 Å². The monoisotopic (exact) mass is 346 g/mol. The first-order valence-electron chi connectivity index (χ1n) is 6.97. The van der Waals surface area contributed by atoms with Crippen molar-refractivity contribution in [1.82, 2.24) is 15.2 Å². The van der Waals surface area contributed by atoms with E-state index in [9.17, 15) is 13.2 Å². The first-order valence-corrected chi connectivity index (χ1v) is 8.86. The molecule has 0 atom stereocenters. The minimum absolute atomic E-state index is 0.128. The Labute approximate surface area is 137 Å². The topological polar surface area (TPSA) is 103 Å². The van der Waals surface area contributed by atoms with Crippen molar-refractivity contribution in [3.8, 4) is 0 Å². The molecule has 0 aliphatic rings. The number of carbonyl (C=O) groups is 1. The quantitative estimate of drug-likeness (QED) is 0.736. The molecule has 0 aliphatic heterocycles. The Hall–Kier alpha value is -2.94. The number of fused-ring (bicyclic) bond motifs is 1. The van der Waals surface area contributed by atoms with Crippen LogP contribution in [0, 0.1) is 0 Å². The summed E-state index contributed by atoms with van der Waals surface area (Å²) in [6, 6.07) is 13.2. The van der Waals surface area contributed by atoms with E-state index in [0.717, 1.165) is 6.26 Å². The number of nitrogens with zero attached hydrogens (tertiary/aromatic N) is 3. The molecule has 3 aromatic rings. The molecule has 0 aliphatic carbocycles.